The maximum Gasteiger partial charge on any atom is 0.337 e. The number of nitrogens with zero attached hydrogens (tertiary/aromatic N) is 2. The van der Waals surface area contributed by atoms with Gasteiger partial charge < -0.3 is 25.5 Å². The lowest BCUT2D eigenvalue weighted by Gasteiger charge is -2.14. The largest absolute Gasteiger partial charge is 0.494 e. The highest BCUT2D eigenvalue weighted by atomic mass is 16.5. The average Bonchev–Trinajstić information content (AvgIpc) is 3.22. The average molecular weight is 485 g/mol. The number of aromatic amines is 1. The van der Waals surface area contributed by atoms with Crippen molar-refractivity contribution in [1.29, 1.82) is 0 Å². The summed E-state index contributed by atoms with van der Waals surface area (Å²) in [6, 6.07) is 22.7. The Hall–Kier alpha value is -3.94. The zero-order chi connectivity index (χ0) is 25.7. The molecule has 1 atom stereocenters. The normalized spacial score (nSPS) is 12.8. The highest BCUT2D eigenvalue weighted by Crippen LogP contribution is 2.32. The first-order valence-electron chi connectivity index (χ1n) is 11.9. The van der Waals surface area contributed by atoms with Crippen molar-refractivity contribution < 1.29 is 14.6 Å². The predicted octanol–water partition coefficient (Wildman–Crippen LogP) is 5.17. The number of aliphatic imine (C=N–C) groups is 1. The lowest BCUT2D eigenvalue weighted by atomic mass is 9.99. The molecule has 7 nitrogen and oxygen atoms in total. The number of hydrogen-bond donors (Lipinski definition) is 3. The minimum Gasteiger partial charge on any atom is -0.494 e. The van der Waals surface area contributed by atoms with Gasteiger partial charge in [0.15, 0.2) is 5.88 Å². The maximum absolute atomic E-state index is 12.0. The minimum absolute atomic E-state index is 0.0193. The number of carbonyl (C=O) groups excluding carboxylic acids is 1. The van der Waals surface area contributed by atoms with Crippen molar-refractivity contribution in [2.75, 3.05) is 27.7 Å². The number of esters is 1. The smallest absolute Gasteiger partial charge is 0.337 e. The Morgan fingerprint density at radius 2 is 1.78 bits per heavy atom. The van der Waals surface area contributed by atoms with E-state index in [-0.39, 0.29) is 11.9 Å². The summed E-state index contributed by atoms with van der Waals surface area (Å²) >= 11 is 0. The van der Waals surface area contributed by atoms with E-state index in [2.05, 4.69) is 24.0 Å². The van der Waals surface area contributed by atoms with Gasteiger partial charge in [-0.2, -0.15) is 0 Å². The lowest BCUT2D eigenvalue weighted by Crippen LogP contribution is -2.16. The molecule has 186 valence electrons. The van der Waals surface area contributed by atoms with Crippen molar-refractivity contribution in [3.8, 4) is 5.88 Å². The summed E-state index contributed by atoms with van der Waals surface area (Å²) in [5.74, 6) is -0.460. The van der Waals surface area contributed by atoms with Crippen LogP contribution >= 0.6 is 0 Å². The van der Waals surface area contributed by atoms with Crippen LogP contribution in [0.1, 0.15) is 45.9 Å². The number of nitrogens with one attached hydrogen (secondary N) is 1. The number of H-pyrrole nitrogens is 1. The topological polar surface area (TPSA) is 104 Å². The van der Waals surface area contributed by atoms with Crippen LogP contribution in [0.15, 0.2) is 77.8 Å². The van der Waals surface area contributed by atoms with E-state index in [4.69, 9.17) is 15.5 Å². The van der Waals surface area contributed by atoms with Crippen LogP contribution in [-0.2, 0) is 4.74 Å². The molecule has 4 N–H and O–H groups in total. The van der Waals surface area contributed by atoms with Gasteiger partial charge in [0.25, 0.3) is 0 Å². The molecule has 0 saturated heterocycles. The van der Waals surface area contributed by atoms with Gasteiger partial charge in [-0.3, -0.25) is 0 Å². The first-order valence-corrected chi connectivity index (χ1v) is 11.9. The fraction of sp³-hybridized carbons (Fsp3) is 0.241. The van der Waals surface area contributed by atoms with E-state index in [9.17, 15) is 9.90 Å². The molecule has 0 aliphatic carbocycles. The summed E-state index contributed by atoms with van der Waals surface area (Å²) in [5, 5.41) is 11.6. The highest BCUT2D eigenvalue weighted by Gasteiger charge is 2.20. The SMILES string of the molecule is COC(=O)c1ccc2c(C(=Nc3ccc(C(N)CCCN(C)C)cc3)c3ccccc3)c(O)[nH]c2c1. The van der Waals surface area contributed by atoms with Gasteiger partial charge in [-0.15, -0.1) is 0 Å². The van der Waals surface area contributed by atoms with Crippen LogP contribution in [0.5, 0.6) is 5.88 Å². The molecular formula is C29H32N4O3. The molecule has 1 unspecified atom stereocenters. The van der Waals surface area contributed by atoms with Crippen LogP contribution in [0.4, 0.5) is 5.69 Å². The molecule has 0 aliphatic rings. The molecule has 36 heavy (non-hydrogen) atoms. The second kappa shape index (κ2) is 11.2. The molecule has 0 radical (unpaired) electrons. The van der Waals surface area contributed by atoms with Crippen molar-refractivity contribution in [1.82, 2.24) is 9.88 Å². The highest BCUT2D eigenvalue weighted by molar-refractivity contribution is 6.22. The quantitative estimate of drug-likeness (QED) is 0.225. The zero-order valence-electron chi connectivity index (χ0n) is 20.9. The number of hydrogen-bond acceptors (Lipinski definition) is 6. The van der Waals surface area contributed by atoms with Crippen LogP contribution in [0.25, 0.3) is 10.9 Å². The van der Waals surface area contributed by atoms with Crippen molar-refractivity contribution in [3.05, 3.63) is 95.1 Å². The summed E-state index contributed by atoms with van der Waals surface area (Å²) in [6.07, 6.45) is 1.94. The summed E-state index contributed by atoms with van der Waals surface area (Å²) in [7, 11) is 5.46. The Morgan fingerprint density at radius 1 is 1.06 bits per heavy atom. The number of benzene rings is 3. The predicted molar refractivity (Wildman–Crippen MR) is 144 cm³/mol. The first-order chi connectivity index (χ1) is 17.4. The van der Waals surface area contributed by atoms with Gasteiger partial charge in [-0.1, -0.05) is 48.5 Å². The third kappa shape index (κ3) is 5.64. The van der Waals surface area contributed by atoms with Gasteiger partial charge in [0.2, 0.25) is 0 Å². The Bertz CT molecular complexity index is 1360. The number of carbonyl (C=O) groups is 1. The van der Waals surface area contributed by atoms with Crippen LogP contribution < -0.4 is 5.73 Å². The molecule has 4 aromatic rings. The van der Waals surface area contributed by atoms with E-state index >= 15 is 0 Å². The fourth-order valence-electron chi connectivity index (χ4n) is 4.25. The zero-order valence-corrected chi connectivity index (χ0v) is 20.9. The Kier molecular flexibility index (Phi) is 7.83. The minimum atomic E-state index is -0.440. The summed E-state index contributed by atoms with van der Waals surface area (Å²) in [5.41, 5.74) is 11.3. The summed E-state index contributed by atoms with van der Waals surface area (Å²) in [6.45, 7) is 1.01. The molecular weight excluding hydrogens is 452 g/mol. The molecule has 0 fully saturated rings. The summed E-state index contributed by atoms with van der Waals surface area (Å²) < 4.78 is 4.83. The van der Waals surface area contributed by atoms with E-state index in [1.807, 2.05) is 54.6 Å². The molecule has 0 bridgehead atoms. The number of ether oxygens (including phenoxy) is 1. The molecule has 0 aliphatic heterocycles. The van der Waals surface area contributed by atoms with Crippen LogP contribution in [0.2, 0.25) is 0 Å². The van der Waals surface area contributed by atoms with E-state index in [1.54, 1.807) is 18.2 Å². The fourth-order valence-corrected chi connectivity index (χ4v) is 4.25. The Labute approximate surface area is 211 Å². The third-order valence-electron chi connectivity index (χ3n) is 6.17. The molecule has 0 spiro atoms. The summed E-state index contributed by atoms with van der Waals surface area (Å²) in [4.78, 5) is 22.1. The first kappa shape index (κ1) is 25.2. The molecule has 1 heterocycles. The molecule has 0 amide bonds. The lowest BCUT2D eigenvalue weighted by molar-refractivity contribution is 0.0601. The van der Waals surface area contributed by atoms with Crippen molar-refractivity contribution in [3.63, 3.8) is 0 Å². The number of rotatable bonds is 9. The van der Waals surface area contributed by atoms with Crippen LogP contribution in [0, 0.1) is 0 Å². The number of fused-ring (bicyclic) bond motifs is 1. The van der Waals surface area contributed by atoms with E-state index in [1.165, 1.54) is 7.11 Å². The van der Waals surface area contributed by atoms with Gasteiger partial charge in [-0.25, -0.2) is 9.79 Å². The number of methoxy groups -OCH3 is 1. The van der Waals surface area contributed by atoms with Gasteiger partial charge in [0.05, 0.1) is 29.6 Å². The second-order valence-corrected chi connectivity index (χ2v) is 9.07. The van der Waals surface area contributed by atoms with Gasteiger partial charge in [0, 0.05) is 22.5 Å². The molecule has 0 saturated carbocycles. The molecule has 3 aromatic carbocycles. The van der Waals surface area contributed by atoms with Crippen molar-refractivity contribution >= 4 is 28.3 Å². The van der Waals surface area contributed by atoms with E-state index < -0.39 is 5.97 Å². The number of nitrogens with two attached hydrogens (primary N) is 1. The number of aromatic hydroxyl groups is 1. The maximum atomic E-state index is 12.0. The third-order valence-corrected chi connectivity index (χ3v) is 6.17. The molecule has 7 heteroatoms. The van der Waals surface area contributed by atoms with Crippen molar-refractivity contribution in [2.45, 2.75) is 18.9 Å². The Morgan fingerprint density at radius 3 is 2.44 bits per heavy atom. The van der Waals surface area contributed by atoms with Crippen LogP contribution in [-0.4, -0.2) is 54.4 Å². The standard InChI is InChI=1S/C29H32N4O3/c1-33(2)17-7-10-24(30)19-11-14-22(15-12-19)31-27(20-8-5-4-6-9-20)26-23-16-13-21(29(35)36-3)18-25(23)32-28(26)34/h4-6,8-9,11-16,18,24,32,34H,7,10,17,30H2,1-3H3. The second-order valence-electron chi connectivity index (χ2n) is 9.07. The van der Waals surface area contributed by atoms with Crippen molar-refractivity contribution in [2.24, 2.45) is 10.7 Å². The van der Waals surface area contributed by atoms with E-state index in [0.717, 1.165) is 41.6 Å². The Balaban J connectivity index is 1.72. The van der Waals surface area contributed by atoms with Gasteiger partial charge in [0.1, 0.15) is 0 Å². The van der Waals surface area contributed by atoms with Crippen LogP contribution in [0.3, 0.4) is 0 Å². The molecule has 1 aromatic heterocycles. The number of aromatic nitrogens is 1. The monoisotopic (exact) mass is 484 g/mol. The van der Waals surface area contributed by atoms with Gasteiger partial charge in [-0.05, 0) is 63.3 Å². The molecule has 4 rings (SSSR count). The van der Waals surface area contributed by atoms with E-state index in [0.29, 0.717) is 22.4 Å². The van der Waals surface area contributed by atoms with Gasteiger partial charge >= 0.3 is 5.97 Å².